The van der Waals surface area contributed by atoms with Crippen LogP contribution in [0.1, 0.15) is 56.9 Å². The minimum absolute atomic E-state index is 0.770. The molecule has 0 spiro atoms. The van der Waals surface area contributed by atoms with E-state index in [1.54, 1.807) is 0 Å². The summed E-state index contributed by atoms with van der Waals surface area (Å²) >= 11 is 0. The van der Waals surface area contributed by atoms with E-state index < -0.39 is 0 Å². The SMILES string of the molecule is CC(=[NH2+])/C(C)=C\C(C)=C/OCCCCC[n+]1cc(C)cc(C)c1C. The number of unbranched alkanes of at least 4 members (excludes halogenated alkanes) is 2. The number of ether oxygens (including phenoxy) is 1. The maximum absolute atomic E-state index is 5.75. The number of nitrogens with two attached hydrogens (primary N) is 1. The van der Waals surface area contributed by atoms with Crippen LogP contribution in [0.15, 0.2) is 35.7 Å². The van der Waals surface area contributed by atoms with Crippen molar-refractivity contribution in [3.8, 4) is 0 Å². The molecule has 0 fully saturated rings. The van der Waals surface area contributed by atoms with Gasteiger partial charge in [0.1, 0.15) is 6.54 Å². The summed E-state index contributed by atoms with van der Waals surface area (Å²) in [5, 5.41) is 5.75. The third-order valence-corrected chi connectivity index (χ3v) is 4.30. The van der Waals surface area contributed by atoms with E-state index in [2.05, 4.69) is 43.7 Å². The zero-order valence-electron chi connectivity index (χ0n) is 16.3. The molecule has 1 rings (SSSR count). The Morgan fingerprint density at radius 3 is 2.50 bits per heavy atom. The van der Waals surface area contributed by atoms with Gasteiger partial charge in [-0.05, 0) is 58.3 Å². The number of hydrogen-bond donors (Lipinski definition) is 1. The fraction of sp³-hybridized carbons (Fsp3) is 0.524. The van der Waals surface area contributed by atoms with Gasteiger partial charge in [0.2, 0.25) is 0 Å². The van der Waals surface area contributed by atoms with Gasteiger partial charge in [-0.15, -0.1) is 0 Å². The Kier molecular flexibility index (Phi) is 8.45. The van der Waals surface area contributed by atoms with E-state index in [1.165, 1.54) is 29.7 Å². The molecule has 0 amide bonds. The molecule has 0 radical (unpaired) electrons. The van der Waals surface area contributed by atoms with Gasteiger partial charge in [0.05, 0.1) is 12.9 Å². The summed E-state index contributed by atoms with van der Waals surface area (Å²) < 4.78 is 8.00. The van der Waals surface area contributed by atoms with Crippen LogP contribution >= 0.6 is 0 Å². The number of hydrogen-bond acceptors (Lipinski definition) is 1. The molecule has 0 saturated heterocycles. The largest absolute Gasteiger partial charge is 0.501 e. The van der Waals surface area contributed by atoms with Crippen LogP contribution < -0.4 is 9.98 Å². The molecule has 132 valence electrons. The molecule has 24 heavy (non-hydrogen) atoms. The average Bonchev–Trinajstić information content (AvgIpc) is 2.50. The summed E-state index contributed by atoms with van der Waals surface area (Å²) in [4.78, 5) is 0. The molecule has 1 heterocycles. The van der Waals surface area contributed by atoms with Crippen molar-refractivity contribution in [2.75, 3.05) is 6.61 Å². The van der Waals surface area contributed by atoms with Crippen LogP contribution in [0.2, 0.25) is 0 Å². The van der Waals surface area contributed by atoms with E-state index in [0.717, 1.165) is 36.4 Å². The van der Waals surface area contributed by atoms with Crippen molar-refractivity contribution in [2.45, 2.75) is 67.3 Å². The second kappa shape index (κ2) is 10.1. The van der Waals surface area contributed by atoms with Crippen LogP contribution in [-0.4, -0.2) is 12.3 Å². The molecule has 1 aromatic heterocycles. The maximum atomic E-state index is 5.75. The lowest BCUT2D eigenvalue weighted by atomic mass is 10.1. The maximum Gasteiger partial charge on any atom is 0.181 e. The van der Waals surface area contributed by atoms with E-state index in [0.29, 0.717) is 0 Å². The minimum atomic E-state index is 0.770. The van der Waals surface area contributed by atoms with Crippen LogP contribution in [-0.2, 0) is 11.3 Å². The summed E-state index contributed by atoms with van der Waals surface area (Å²) in [5.74, 6) is 0. The Morgan fingerprint density at radius 2 is 1.83 bits per heavy atom. The summed E-state index contributed by atoms with van der Waals surface area (Å²) in [5.41, 5.74) is 7.10. The highest BCUT2D eigenvalue weighted by Gasteiger charge is 2.09. The predicted molar refractivity (Wildman–Crippen MR) is 101 cm³/mol. The fourth-order valence-electron chi connectivity index (χ4n) is 2.61. The Morgan fingerprint density at radius 1 is 1.12 bits per heavy atom. The number of aryl methyl sites for hydroxylation is 3. The van der Waals surface area contributed by atoms with Gasteiger partial charge in [-0.25, -0.2) is 4.57 Å². The first-order valence-electron chi connectivity index (χ1n) is 8.84. The van der Waals surface area contributed by atoms with Crippen LogP contribution in [0.4, 0.5) is 0 Å². The molecule has 0 bridgehead atoms. The van der Waals surface area contributed by atoms with Crippen molar-refractivity contribution >= 4 is 5.71 Å². The van der Waals surface area contributed by atoms with Gasteiger partial charge in [0.15, 0.2) is 17.6 Å². The van der Waals surface area contributed by atoms with Gasteiger partial charge in [0, 0.05) is 37.0 Å². The molecule has 0 atom stereocenters. The Labute approximate surface area is 147 Å². The molecule has 0 aromatic carbocycles. The number of rotatable bonds is 9. The molecular weight excluding hydrogens is 296 g/mol. The Balaban J connectivity index is 2.28. The minimum Gasteiger partial charge on any atom is -0.501 e. The quantitative estimate of drug-likeness (QED) is 0.244. The number of pyridine rings is 1. The van der Waals surface area contributed by atoms with Crippen LogP contribution in [0.5, 0.6) is 0 Å². The Hall–Kier alpha value is -1.90. The fourth-order valence-corrected chi connectivity index (χ4v) is 2.61. The zero-order valence-corrected chi connectivity index (χ0v) is 16.3. The third-order valence-electron chi connectivity index (χ3n) is 4.30. The second-order valence-electron chi connectivity index (χ2n) is 6.78. The van der Waals surface area contributed by atoms with E-state index in [9.17, 15) is 0 Å². The standard InChI is InChI=1S/C21H33N2O/c1-16-12-19(4)21(6)23(14-16)10-8-7-9-11-24-15-17(2)13-18(3)20(5)22/h12-15,22H,7-11H2,1-6H3/q+1/p+1/b17-15-,18-13-,22-20?. The lowest BCUT2D eigenvalue weighted by Crippen LogP contribution is -2.38. The summed E-state index contributed by atoms with van der Waals surface area (Å²) in [6.45, 7) is 14.3. The highest BCUT2D eigenvalue weighted by Crippen LogP contribution is 2.06. The summed E-state index contributed by atoms with van der Waals surface area (Å²) in [6.07, 6.45) is 9.57. The van der Waals surface area contributed by atoms with E-state index in [1.807, 2.05) is 27.0 Å². The Bertz CT molecular complexity index is 627. The number of aromatic nitrogens is 1. The molecular formula is C21H34N2O+2. The van der Waals surface area contributed by atoms with E-state index in [4.69, 9.17) is 10.1 Å². The number of allylic oxidation sites excluding steroid dienone is 3. The molecule has 0 aliphatic carbocycles. The normalized spacial score (nSPS) is 12.4. The molecule has 0 aliphatic heterocycles. The third kappa shape index (κ3) is 7.12. The molecule has 2 N–H and O–H groups in total. The predicted octanol–water partition coefficient (Wildman–Crippen LogP) is 3.16. The topological polar surface area (TPSA) is 38.7 Å². The van der Waals surface area contributed by atoms with Crippen molar-refractivity contribution in [1.29, 1.82) is 0 Å². The van der Waals surface area contributed by atoms with Gasteiger partial charge in [0.25, 0.3) is 0 Å². The molecule has 0 unspecified atom stereocenters. The zero-order chi connectivity index (χ0) is 18.1. The number of nitrogens with zero attached hydrogens (tertiary/aromatic N) is 1. The van der Waals surface area contributed by atoms with Gasteiger partial charge < -0.3 is 4.74 Å². The smallest absolute Gasteiger partial charge is 0.181 e. The second-order valence-corrected chi connectivity index (χ2v) is 6.78. The average molecular weight is 331 g/mol. The van der Waals surface area contributed by atoms with Gasteiger partial charge >= 0.3 is 0 Å². The lowest BCUT2D eigenvalue weighted by molar-refractivity contribution is -0.703. The van der Waals surface area contributed by atoms with Crippen LogP contribution in [0.3, 0.4) is 0 Å². The molecule has 0 saturated carbocycles. The van der Waals surface area contributed by atoms with Crippen LogP contribution in [0.25, 0.3) is 0 Å². The van der Waals surface area contributed by atoms with Gasteiger partial charge in [-0.1, -0.05) is 0 Å². The highest BCUT2D eigenvalue weighted by molar-refractivity contribution is 5.93. The lowest BCUT2D eigenvalue weighted by Gasteiger charge is -2.05. The first-order chi connectivity index (χ1) is 11.3. The molecule has 1 aromatic rings. The van der Waals surface area contributed by atoms with Crippen LogP contribution in [0, 0.1) is 20.8 Å². The monoisotopic (exact) mass is 330 g/mol. The van der Waals surface area contributed by atoms with Crippen molar-refractivity contribution < 1.29 is 14.7 Å². The molecule has 0 aliphatic rings. The van der Waals surface area contributed by atoms with Gasteiger partial charge in [-0.3, -0.25) is 5.41 Å². The summed E-state index contributed by atoms with van der Waals surface area (Å²) in [7, 11) is 0. The molecule has 3 heteroatoms. The van der Waals surface area contributed by atoms with Gasteiger partial charge in [-0.2, -0.15) is 0 Å². The van der Waals surface area contributed by atoms with Crippen molar-refractivity contribution in [3.63, 3.8) is 0 Å². The summed E-state index contributed by atoms with van der Waals surface area (Å²) in [6, 6.07) is 2.24. The first-order valence-corrected chi connectivity index (χ1v) is 8.84. The first kappa shape index (κ1) is 20.1. The van der Waals surface area contributed by atoms with Crippen molar-refractivity contribution in [1.82, 2.24) is 0 Å². The van der Waals surface area contributed by atoms with Crippen molar-refractivity contribution in [3.05, 3.63) is 52.6 Å². The van der Waals surface area contributed by atoms with Crippen molar-refractivity contribution in [2.24, 2.45) is 0 Å². The highest BCUT2D eigenvalue weighted by atomic mass is 16.5. The van der Waals surface area contributed by atoms with E-state index >= 15 is 0 Å². The molecule has 3 nitrogen and oxygen atoms in total. The van der Waals surface area contributed by atoms with E-state index in [-0.39, 0.29) is 0 Å².